The van der Waals surface area contributed by atoms with E-state index in [0.29, 0.717) is 49.0 Å². The molecule has 1 atom stereocenters. The Bertz CT molecular complexity index is 1150. The summed E-state index contributed by atoms with van der Waals surface area (Å²) in [5, 5.41) is 3.95. The molecule has 12 heteroatoms. The number of hydrogen-bond acceptors (Lipinski definition) is 6. The van der Waals surface area contributed by atoms with Crippen molar-refractivity contribution in [2.45, 2.75) is 38.4 Å². The summed E-state index contributed by atoms with van der Waals surface area (Å²) in [7, 11) is 0. The van der Waals surface area contributed by atoms with Crippen molar-refractivity contribution in [2.75, 3.05) is 36.0 Å². The monoisotopic (exact) mass is 467 g/mol. The van der Waals surface area contributed by atoms with Gasteiger partial charge in [0.1, 0.15) is 29.4 Å². The molecule has 0 bridgehead atoms. The lowest BCUT2D eigenvalue weighted by molar-refractivity contribution is -0.141. The van der Waals surface area contributed by atoms with E-state index in [9.17, 15) is 22.0 Å². The third-order valence-corrected chi connectivity index (χ3v) is 6.42. The van der Waals surface area contributed by atoms with Gasteiger partial charge in [0, 0.05) is 31.6 Å². The Labute approximate surface area is 186 Å². The lowest BCUT2D eigenvalue weighted by atomic mass is 9.79. The summed E-state index contributed by atoms with van der Waals surface area (Å²) in [4.78, 5) is 16.7. The van der Waals surface area contributed by atoms with Gasteiger partial charge in [-0.15, -0.1) is 0 Å². The molecule has 0 saturated carbocycles. The molecule has 0 aliphatic carbocycles. The molecule has 2 fully saturated rings. The average Bonchev–Trinajstić information content (AvgIpc) is 3.37. The van der Waals surface area contributed by atoms with Crippen LogP contribution in [0.4, 0.5) is 33.6 Å². The van der Waals surface area contributed by atoms with Gasteiger partial charge < -0.3 is 9.80 Å². The van der Waals surface area contributed by atoms with Crippen molar-refractivity contribution in [1.29, 1.82) is 0 Å². The van der Waals surface area contributed by atoms with Crippen molar-refractivity contribution >= 4 is 22.8 Å². The van der Waals surface area contributed by atoms with Gasteiger partial charge in [-0.05, 0) is 31.4 Å². The molecule has 5 rings (SSSR count). The highest BCUT2D eigenvalue weighted by Gasteiger charge is 2.42. The van der Waals surface area contributed by atoms with Crippen LogP contribution in [0, 0.1) is 5.41 Å². The molecule has 0 N–H and O–H groups in total. The van der Waals surface area contributed by atoms with Crippen LogP contribution in [0.15, 0.2) is 30.6 Å². The van der Waals surface area contributed by atoms with Crippen LogP contribution in [-0.2, 0) is 12.7 Å². The van der Waals surface area contributed by atoms with Crippen LogP contribution in [-0.4, -0.2) is 57.3 Å². The summed E-state index contributed by atoms with van der Waals surface area (Å²) < 4.78 is 66.2. The minimum atomic E-state index is -4.48. The first-order valence-electron chi connectivity index (χ1n) is 10.7. The summed E-state index contributed by atoms with van der Waals surface area (Å²) in [5.74, 6) is 0.921. The van der Waals surface area contributed by atoms with Crippen molar-refractivity contribution < 1.29 is 22.0 Å². The highest BCUT2D eigenvalue weighted by atomic mass is 19.4. The van der Waals surface area contributed by atoms with Crippen LogP contribution >= 0.6 is 0 Å². The van der Waals surface area contributed by atoms with Crippen LogP contribution < -0.4 is 9.80 Å². The zero-order valence-electron chi connectivity index (χ0n) is 17.6. The third kappa shape index (κ3) is 4.30. The van der Waals surface area contributed by atoms with Gasteiger partial charge in [-0.25, -0.2) is 28.4 Å². The third-order valence-electron chi connectivity index (χ3n) is 6.42. The first kappa shape index (κ1) is 21.8. The van der Waals surface area contributed by atoms with E-state index in [0.717, 1.165) is 30.0 Å². The Balaban J connectivity index is 1.35. The Morgan fingerprint density at radius 3 is 2.52 bits per heavy atom. The highest BCUT2D eigenvalue weighted by Crippen LogP contribution is 2.41. The SMILES string of the molecule is FC(F)Cn1ncc2ncc(N3CCC4(CCCN(c5cccc(C(F)(F)F)n5)C4)C3)nc21. The first-order chi connectivity index (χ1) is 15.7. The summed E-state index contributed by atoms with van der Waals surface area (Å²) in [6.45, 7) is 2.05. The minimum Gasteiger partial charge on any atom is -0.356 e. The Morgan fingerprint density at radius 1 is 0.970 bits per heavy atom. The number of rotatable bonds is 4. The van der Waals surface area contributed by atoms with Gasteiger partial charge in [0.2, 0.25) is 0 Å². The molecule has 2 saturated heterocycles. The van der Waals surface area contributed by atoms with Crippen molar-refractivity contribution in [1.82, 2.24) is 24.7 Å². The molecule has 176 valence electrons. The van der Waals surface area contributed by atoms with Crippen LogP contribution in [0.1, 0.15) is 25.0 Å². The van der Waals surface area contributed by atoms with E-state index in [4.69, 9.17) is 0 Å². The number of alkyl halides is 5. The number of anilines is 2. The number of fused-ring (bicyclic) bond motifs is 1. The fourth-order valence-electron chi connectivity index (χ4n) is 4.88. The maximum Gasteiger partial charge on any atom is 0.433 e. The maximum atomic E-state index is 13.1. The summed E-state index contributed by atoms with van der Waals surface area (Å²) >= 11 is 0. The Kier molecular flexibility index (Phi) is 5.32. The second-order valence-electron chi connectivity index (χ2n) is 8.73. The molecule has 7 nitrogen and oxygen atoms in total. The van der Waals surface area contributed by atoms with E-state index in [2.05, 4.69) is 25.0 Å². The Hall–Kier alpha value is -3.05. The molecule has 33 heavy (non-hydrogen) atoms. The molecule has 3 aromatic rings. The van der Waals surface area contributed by atoms with E-state index in [-0.39, 0.29) is 5.41 Å². The number of nitrogens with zero attached hydrogens (tertiary/aromatic N) is 7. The standard InChI is InChI=1S/C21H22F5N7/c22-16(23)11-33-19-14(9-28-33)27-10-18(30-19)32-8-6-20(13-32)5-2-7-31(12-20)17-4-1-3-15(29-17)21(24,25)26/h1,3-4,9-10,16H,2,5-8,11-13H2. The van der Waals surface area contributed by atoms with E-state index in [1.165, 1.54) is 12.3 Å². The fourth-order valence-corrected chi connectivity index (χ4v) is 4.88. The zero-order valence-corrected chi connectivity index (χ0v) is 17.6. The van der Waals surface area contributed by atoms with Crippen molar-refractivity contribution in [2.24, 2.45) is 5.41 Å². The van der Waals surface area contributed by atoms with E-state index < -0.39 is 24.8 Å². The predicted octanol–water partition coefficient (Wildman–Crippen LogP) is 4.00. The molecule has 0 radical (unpaired) electrons. The molecule has 0 aromatic carbocycles. The van der Waals surface area contributed by atoms with E-state index in [1.54, 1.807) is 12.3 Å². The molecule has 2 aliphatic rings. The van der Waals surface area contributed by atoms with Crippen LogP contribution in [0.5, 0.6) is 0 Å². The van der Waals surface area contributed by atoms with Crippen molar-refractivity contribution in [3.05, 3.63) is 36.3 Å². The maximum absolute atomic E-state index is 13.1. The second kappa shape index (κ2) is 8.07. The van der Waals surface area contributed by atoms with Crippen LogP contribution in [0.3, 0.4) is 0 Å². The predicted molar refractivity (Wildman–Crippen MR) is 111 cm³/mol. The lowest BCUT2D eigenvalue weighted by Crippen LogP contribution is -2.45. The summed E-state index contributed by atoms with van der Waals surface area (Å²) in [6, 6.07) is 3.99. The molecule has 5 heterocycles. The molecular formula is C21H22F5N7. The van der Waals surface area contributed by atoms with Crippen LogP contribution in [0.25, 0.3) is 11.2 Å². The Morgan fingerprint density at radius 2 is 1.76 bits per heavy atom. The normalized spacial score (nSPS) is 21.6. The topological polar surface area (TPSA) is 63.0 Å². The van der Waals surface area contributed by atoms with Gasteiger partial charge in [0.25, 0.3) is 6.43 Å². The van der Waals surface area contributed by atoms with Gasteiger partial charge in [0.05, 0.1) is 12.4 Å². The number of pyridine rings is 1. The minimum absolute atomic E-state index is 0.117. The van der Waals surface area contributed by atoms with Crippen LogP contribution in [0.2, 0.25) is 0 Å². The number of aromatic nitrogens is 5. The molecule has 2 aliphatic heterocycles. The quantitative estimate of drug-likeness (QED) is 0.541. The molecular weight excluding hydrogens is 445 g/mol. The van der Waals surface area contributed by atoms with Gasteiger partial charge >= 0.3 is 6.18 Å². The number of hydrogen-bond donors (Lipinski definition) is 0. The molecule has 3 aromatic heterocycles. The van der Waals surface area contributed by atoms with Gasteiger partial charge in [-0.2, -0.15) is 18.3 Å². The summed E-state index contributed by atoms with van der Waals surface area (Å²) in [5.41, 5.74) is -0.245. The van der Waals surface area contributed by atoms with E-state index in [1.807, 2.05) is 4.90 Å². The summed E-state index contributed by atoms with van der Waals surface area (Å²) in [6.07, 6.45) is -1.37. The number of halogens is 5. The van der Waals surface area contributed by atoms with Gasteiger partial charge in [-0.3, -0.25) is 0 Å². The highest BCUT2D eigenvalue weighted by molar-refractivity contribution is 5.71. The average molecular weight is 467 g/mol. The second-order valence-corrected chi connectivity index (χ2v) is 8.73. The molecule has 1 spiro atoms. The lowest BCUT2D eigenvalue weighted by Gasteiger charge is -2.41. The zero-order chi connectivity index (χ0) is 23.2. The van der Waals surface area contributed by atoms with E-state index >= 15 is 0 Å². The van der Waals surface area contributed by atoms with Gasteiger partial charge in [-0.1, -0.05) is 6.07 Å². The van der Waals surface area contributed by atoms with Crippen molar-refractivity contribution in [3.8, 4) is 0 Å². The van der Waals surface area contributed by atoms with Gasteiger partial charge in [0.15, 0.2) is 5.65 Å². The largest absolute Gasteiger partial charge is 0.433 e. The fraction of sp³-hybridized carbons (Fsp3) is 0.524. The smallest absolute Gasteiger partial charge is 0.356 e. The molecule has 0 amide bonds. The van der Waals surface area contributed by atoms with Crippen molar-refractivity contribution in [3.63, 3.8) is 0 Å². The molecule has 1 unspecified atom stereocenters. The first-order valence-corrected chi connectivity index (χ1v) is 10.7. The number of piperidine rings is 1.